The van der Waals surface area contributed by atoms with Crippen molar-refractivity contribution in [2.45, 2.75) is 38.9 Å². The molecule has 4 nitrogen and oxygen atoms in total. The maximum absolute atomic E-state index is 11.7. The highest BCUT2D eigenvalue weighted by Gasteiger charge is 2.29. The van der Waals surface area contributed by atoms with Gasteiger partial charge in [0.2, 0.25) is 0 Å². The monoisotopic (exact) mass is 225 g/mol. The smallest absolute Gasteiger partial charge is 0.410 e. The van der Waals surface area contributed by atoms with Crippen LogP contribution in [0.1, 0.15) is 27.2 Å². The Labute approximate surface area is 96.9 Å². The number of hydrogen-bond donors (Lipinski definition) is 0. The predicted molar refractivity (Wildman–Crippen MR) is 61.0 cm³/mol. The fraction of sp³-hybridized carbons (Fsp3) is 0.750. The van der Waals surface area contributed by atoms with E-state index in [1.54, 1.807) is 4.90 Å². The average molecular weight is 225 g/mol. The van der Waals surface area contributed by atoms with Gasteiger partial charge in [0, 0.05) is 6.54 Å². The van der Waals surface area contributed by atoms with Crippen molar-refractivity contribution in [2.75, 3.05) is 19.7 Å². The standard InChI is InChI=1S/C12H19NO3/c1-5-8-15-10-6-7-13(9-10)11(14)16-12(2,3)4/h1,10H,6-9H2,2-4H3/t10-/m1/s1. The third kappa shape index (κ3) is 4.11. The van der Waals surface area contributed by atoms with E-state index >= 15 is 0 Å². The molecule has 1 aliphatic rings. The molecule has 1 amide bonds. The molecule has 0 N–H and O–H groups in total. The highest BCUT2D eigenvalue weighted by molar-refractivity contribution is 5.68. The molecule has 1 rings (SSSR count). The Hall–Kier alpha value is -1.21. The third-order valence-electron chi connectivity index (χ3n) is 2.20. The molecule has 0 aliphatic carbocycles. The Morgan fingerprint density at radius 2 is 2.25 bits per heavy atom. The van der Waals surface area contributed by atoms with Gasteiger partial charge in [-0.05, 0) is 27.2 Å². The van der Waals surface area contributed by atoms with Gasteiger partial charge in [0.05, 0.1) is 12.6 Å². The van der Waals surface area contributed by atoms with Crippen molar-refractivity contribution in [3.8, 4) is 12.3 Å². The van der Waals surface area contributed by atoms with Crippen molar-refractivity contribution in [3.05, 3.63) is 0 Å². The van der Waals surface area contributed by atoms with Crippen LogP contribution in [-0.2, 0) is 9.47 Å². The van der Waals surface area contributed by atoms with E-state index in [1.807, 2.05) is 20.8 Å². The molecule has 0 unspecified atom stereocenters. The number of terminal acetylenes is 1. The van der Waals surface area contributed by atoms with Crippen LogP contribution in [-0.4, -0.2) is 42.4 Å². The second-order valence-electron chi connectivity index (χ2n) is 4.85. The molecule has 1 saturated heterocycles. The van der Waals surface area contributed by atoms with E-state index in [2.05, 4.69) is 5.92 Å². The summed E-state index contributed by atoms with van der Waals surface area (Å²) in [5, 5.41) is 0. The molecule has 0 saturated carbocycles. The Bertz CT molecular complexity index is 288. The Balaban J connectivity index is 2.36. The zero-order chi connectivity index (χ0) is 12.2. The van der Waals surface area contributed by atoms with Gasteiger partial charge in [-0.3, -0.25) is 0 Å². The van der Waals surface area contributed by atoms with E-state index in [-0.39, 0.29) is 12.2 Å². The number of carbonyl (C=O) groups is 1. The summed E-state index contributed by atoms with van der Waals surface area (Å²) in [5.41, 5.74) is -0.450. The van der Waals surface area contributed by atoms with Gasteiger partial charge in [0.15, 0.2) is 0 Å². The SMILES string of the molecule is C#CCO[C@@H]1CCN(C(=O)OC(C)(C)C)C1. The van der Waals surface area contributed by atoms with E-state index in [4.69, 9.17) is 15.9 Å². The molecular formula is C12H19NO3. The summed E-state index contributed by atoms with van der Waals surface area (Å²) in [5.74, 6) is 2.42. The highest BCUT2D eigenvalue weighted by atomic mass is 16.6. The van der Waals surface area contributed by atoms with Crippen molar-refractivity contribution in [1.29, 1.82) is 0 Å². The molecular weight excluding hydrogens is 206 g/mol. The second-order valence-corrected chi connectivity index (χ2v) is 4.85. The van der Waals surface area contributed by atoms with Gasteiger partial charge in [-0.1, -0.05) is 5.92 Å². The predicted octanol–water partition coefficient (Wildman–Crippen LogP) is 1.65. The van der Waals surface area contributed by atoms with E-state index in [9.17, 15) is 4.79 Å². The lowest BCUT2D eigenvalue weighted by Crippen LogP contribution is -2.36. The maximum Gasteiger partial charge on any atom is 0.410 e. The number of nitrogens with zero attached hydrogens (tertiary/aromatic N) is 1. The van der Waals surface area contributed by atoms with Crippen LogP contribution in [0.2, 0.25) is 0 Å². The lowest BCUT2D eigenvalue weighted by atomic mass is 10.2. The first-order chi connectivity index (χ1) is 7.42. The van der Waals surface area contributed by atoms with Crippen LogP contribution in [0.5, 0.6) is 0 Å². The summed E-state index contributed by atoms with van der Waals surface area (Å²) in [6.07, 6.45) is 5.69. The first-order valence-corrected chi connectivity index (χ1v) is 5.45. The van der Waals surface area contributed by atoms with Crippen LogP contribution in [0.4, 0.5) is 4.79 Å². The molecule has 0 bridgehead atoms. The Morgan fingerprint density at radius 3 is 2.81 bits per heavy atom. The van der Waals surface area contributed by atoms with Crippen molar-refractivity contribution < 1.29 is 14.3 Å². The first kappa shape index (κ1) is 12.9. The summed E-state index contributed by atoms with van der Waals surface area (Å²) in [6.45, 7) is 7.10. The maximum atomic E-state index is 11.7. The summed E-state index contributed by atoms with van der Waals surface area (Å²) in [4.78, 5) is 13.3. The van der Waals surface area contributed by atoms with E-state index in [1.165, 1.54) is 0 Å². The zero-order valence-corrected chi connectivity index (χ0v) is 10.2. The molecule has 1 atom stereocenters. The molecule has 16 heavy (non-hydrogen) atoms. The largest absolute Gasteiger partial charge is 0.444 e. The molecule has 4 heteroatoms. The van der Waals surface area contributed by atoms with Gasteiger partial charge >= 0.3 is 6.09 Å². The van der Waals surface area contributed by atoms with Crippen LogP contribution < -0.4 is 0 Å². The van der Waals surface area contributed by atoms with Gasteiger partial charge in [-0.2, -0.15) is 0 Å². The highest BCUT2D eigenvalue weighted by Crippen LogP contribution is 2.16. The number of carbonyl (C=O) groups excluding carboxylic acids is 1. The lowest BCUT2D eigenvalue weighted by Gasteiger charge is -2.24. The molecule has 0 aromatic heterocycles. The fourth-order valence-corrected chi connectivity index (χ4v) is 1.52. The van der Waals surface area contributed by atoms with Gasteiger partial charge < -0.3 is 14.4 Å². The van der Waals surface area contributed by atoms with Crippen molar-refractivity contribution in [1.82, 2.24) is 4.90 Å². The minimum absolute atomic E-state index is 0.0450. The van der Waals surface area contributed by atoms with Gasteiger partial charge in [-0.15, -0.1) is 6.42 Å². The molecule has 90 valence electrons. The number of rotatable bonds is 2. The van der Waals surface area contributed by atoms with Crippen LogP contribution in [0.25, 0.3) is 0 Å². The number of ether oxygens (including phenoxy) is 2. The molecule has 1 fully saturated rings. The Morgan fingerprint density at radius 1 is 1.56 bits per heavy atom. The lowest BCUT2D eigenvalue weighted by molar-refractivity contribution is 0.0238. The number of amides is 1. The number of likely N-dealkylation sites (tertiary alicyclic amines) is 1. The van der Waals surface area contributed by atoms with Crippen LogP contribution in [0.3, 0.4) is 0 Å². The van der Waals surface area contributed by atoms with E-state index < -0.39 is 5.60 Å². The summed E-state index contributed by atoms with van der Waals surface area (Å²) in [7, 11) is 0. The van der Waals surface area contributed by atoms with Gasteiger partial charge in [-0.25, -0.2) is 4.79 Å². The molecule has 0 spiro atoms. The third-order valence-corrected chi connectivity index (χ3v) is 2.20. The zero-order valence-electron chi connectivity index (χ0n) is 10.2. The normalized spacial score (nSPS) is 20.6. The first-order valence-electron chi connectivity index (χ1n) is 5.45. The fourth-order valence-electron chi connectivity index (χ4n) is 1.52. The van der Waals surface area contributed by atoms with E-state index in [0.717, 1.165) is 6.42 Å². The summed E-state index contributed by atoms with van der Waals surface area (Å²) < 4.78 is 10.6. The molecule has 0 aromatic rings. The van der Waals surface area contributed by atoms with Crippen LogP contribution in [0, 0.1) is 12.3 Å². The Kier molecular flexibility index (Phi) is 4.19. The molecule has 1 heterocycles. The molecule has 0 aromatic carbocycles. The minimum Gasteiger partial charge on any atom is -0.444 e. The van der Waals surface area contributed by atoms with Crippen molar-refractivity contribution in [3.63, 3.8) is 0 Å². The summed E-state index contributed by atoms with van der Waals surface area (Å²) >= 11 is 0. The van der Waals surface area contributed by atoms with Gasteiger partial charge in [0.1, 0.15) is 12.2 Å². The van der Waals surface area contributed by atoms with Crippen LogP contribution in [0.15, 0.2) is 0 Å². The second kappa shape index (κ2) is 5.22. The summed E-state index contributed by atoms with van der Waals surface area (Å²) in [6, 6.07) is 0. The van der Waals surface area contributed by atoms with Gasteiger partial charge in [0.25, 0.3) is 0 Å². The molecule has 1 aliphatic heterocycles. The minimum atomic E-state index is -0.450. The number of hydrogen-bond acceptors (Lipinski definition) is 3. The van der Waals surface area contributed by atoms with Crippen molar-refractivity contribution in [2.24, 2.45) is 0 Å². The quantitative estimate of drug-likeness (QED) is 0.671. The van der Waals surface area contributed by atoms with Crippen molar-refractivity contribution >= 4 is 6.09 Å². The average Bonchev–Trinajstić information content (AvgIpc) is 2.60. The van der Waals surface area contributed by atoms with Crippen LogP contribution >= 0.6 is 0 Å². The molecule has 0 radical (unpaired) electrons. The topological polar surface area (TPSA) is 38.8 Å². The van der Waals surface area contributed by atoms with E-state index in [0.29, 0.717) is 19.7 Å².